The van der Waals surface area contributed by atoms with Crippen molar-refractivity contribution in [3.8, 4) is 5.69 Å². The van der Waals surface area contributed by atoms with Crippen LogP contribution in [0.25, 0.3) is 5.69 Å². The quantitative estimate of drug-likeness (QED) is 0.691. The summed E-state index contributed by atoms with van der Waals surface area (Å²) in [5, 5.41) is 7.41. The molecule has 1 aromatic carbocycles. The second-order valence-corrected chi connectivity index (χ2v) is 7.63. The summed E-state index contributed by atoms with van der Waals surface area (Å²) in [7, 11) is 0. The maximum atomic E-state index is 14.2. The van der Waals surface area contributed by atoms with Crippen molar-refractivity contribution in [2.75, 3.05) is 0 Å². The minimum Gasteiger partial charge on any atom is -0.344 e. The van der Waals surface area contributed by atoms with Crippen LogP contribution in [0.5, 0.6) is 0 Å². The molecule has 0 unspecified atom stereocenters. The Balaban J connectivity index is 1.60. The normalized spacial score (nSPS) is 16.0. The number of benzene rings is 1. The molecular weight excluding hydrogens is 365 g/mol. The minimum atomic E-state index is -0.329. The highest BCUT2D eigenvalue weighted by molar-refractivity contribution is 7.15. The predicted octanol–water partition coefficient (Wildman–Crippen LogP) is 4.08. The molecule has 0 fully saturated rings. The first-order valence-electron chi connectivity index (χ1n) is 8.78. The van der Waals surface area contributed by atoms with E-state index in [2.05, 4.69) is 10.4 Å². The van der Waals surface area contributed by atoms with Gasteiger partial charge in [-0.1, -0.05) is 12.1 Å². The van der Waals surface area contributed by atoms with E-state index in [-0.39, 0.29) is 23.5 Å². The Kier molecular flexibility index (Phi) is 4.61. The maximum Gasteiger partial charge on any atom is 0.261 e. The summed E-state index contributed by atoms with van der Waals surface area (Å²) in [4.78, 5) is 25.1. The SMILES string of the molecule is CC(=O)c1ccc(C(=O)N[C@@H]2CCCc3c2cnn3-c2ccccc2F)s1. The lowest BCUT2D eigenvalue weighted by Gasteiger charge is -2.24. The van der Waals surface area contributed by atoms with Crippen molar-refractivity contribution < 1.29 is 14.0 Å². The van der Waals surface area contributed by atoms with E-state index in [9.17, 15) is 14.0 Å². The number of Topliss-reactive ketones (excluding diaryl/α,β-unsaturated/α-hetero) is 1. The molecule has 7 heteroatoms. The lowest BCUT2D eigenvalue weighted by Crippen LogP contribution is -2.30. The summed E-state index contributed by atoms with van der Waals surface area (Å²) in [6, 6.07) is 9.69. The van der Waals surface area contributed by atoms with Crippen molar-refractivity contribution in [2.45, 2.75) is 32.2 Å². The Bertz CT molecular complexity index is 1020. The first-order valence-corrected chi connectivity index (χ1v) is 9.59. The van der Waals surface area contributed by atoms with Gasteiger partial charge in [-0.25, -0.2) is 9.07 Å². The fourth-order valence-electron chi connectivity index (χ4n) is 3.42. The Morgan fingerprint density at radius 1 is 1.22 bits per heavy atom. The zero-order valence-electron chi connectivity index (χ0n) is 14.7. The number of hydrogen-bond acceptors (Lipinski definition) is 4. The highest BCUT2D eigenvalue weighted by Gasteiger charge is 2.27. The minimum absolute atomic E-state index is 0.0508. The third-order valence-electron chi connectivity index (χ3n) is 4.75. The van der Waals surface area contributed by atoms with E-state index >= 15 is 0 Å². The van der Waals surface area contributed by atoms with Crippen molar-refractivity contribution in [1.29, 1.82) is 0 Å². The molecule has 0 bridgehead atoms. The molecule has 1 N–H and O–H groups in total. The summed E-state index contributed by atoms with van der Waals surface area (Å²) in [5.74, 6) is -0.584. The van der Waals surface area contributed by atoms with E-state index in [0.717, 1.165) is 30.5 Å². The fraction of sp³-hybridized carbons (Fsp3) is 0.250. The summed E-state index contributed by atoms with van der Waals surface area (Å²) in [5.41, 5.74) is 2.25. The molecule has 2 aromatic heterocycles. The van der Waals surface area contributed by atoms with Gasteiger partial charge >= 0.3 is 0 Å². The van der Waals surface area contributed by atoms with Gasteiger partial charge in [0.2, 0.25) is 0 Å². The zero-order chi connectivity index (χ0) is 19.0. The van der Waals surface area contributed by atoms with Crippen LogP contribution in [0.1, 0.15) is 56.4 Å². The van der Waals surface area contributed by atoms with E-state index < -0.39 is 0 Å². The molecule has 0 saturated carbocycles. The predicted molar refractivity (Wildman–Crippen MR) is 101 cm³/mol. The molecule has 0 saturated heterocycles. The van der Waals surface area contributed by atoms with E-state index in [4.69, 9.17) is 0 Å². The number of aromatic nitrogens is 2. The number of amides is 1. The van der Waals surface area contributed by atoms with Crippen molar-refractivity contribution in [3.63, 3.8) is 0 Å². The number of fused-ring (bicyclic) bond motifs is 1. The van der Waals surface area contributed by atoms with Crippen LogP contribution >= 0.6 is 11.3 Å². The third kappa shape index (κ3) is 3.30. The Morgan fingerprint density at radius 2 is 2.00 bits per heavy atom. The number of nitrogens with zero attached hydrogens (tertiary/aromatic N) is 2. The Morgan fingerprint density at radius 3 is 2.74 bits per heavy atom. The molecule has 1 atom stereocenters. The van der Waals surface area contributed by atoms with Gasteiger partial charge in [0, 0.05) is 11.3 Å². The summed E-state index contributed by atoms with van der Waals surface area (Å²) < 4.78 is 15.8. The lowest BCUT2D eigenvalue weighted by atomic mass is 9.93. The van der Waals surface area contributed by atoms with Crippen molar-refractivity contribution in [2.24, 2.45) is 0 Å². The topological polar surface area (TPSA) is 64.0 Å². The van der Waals surface area contributed by atoms with Crippen molar-refractivity contribution in [1.82, 2.24) is 15.1 Å². The smallest absolute Gasteiger partial charge is 0.261 e. The van der Waals surface area contributed by atoms with E-state index in [0.29, 0.717) is 15.4 Å². The van der Waals surface area contributed by atoms with E-state index in [1.165, 1.54) is 24.3 Å². The second-order valence-electron chi connectivity index (χ2n) is 6.55. The molecule has 1 aliphatic carbocycles. The molecular formula is C20H18FN3O2S. The molecule has 138 valence electrons. The Hall–Kier alpha value is -2.80. The molecule has 1 aliphatic rings. The van der Waals surface area contributed by atoms with Gasteiger partial charge in [-0.15, -0.1) is 11.3 Å². The highest BCUT2D eigenvalue weighted by atomic mass is 32.1. The highest BCUT2D eigenvalue weighted by Crippen LogP contribution is 2.32. The number of halogens is 1. The van der Waals surface area contributed by atoms with Crippen LogP contribution in [-0.4, -0.2) is 21.5 Å². The van der Waals surface area contributed by atoms with Gasteiger partial charge < -0.3 is 5.32 Å². The van der Waals surface area contributed by atoms with Crippen LogP contribution in [0.4, 0.5) is 4.39 Å². The first kappa shape index (κ1) is 17.6. The first-order chi connectivity index (χ1) is 13.0. The number of ketones is 1. The van der Waals surface area contributed by atoms with Gasteiger partial charge in [0.05, 0.1) is 22.0 Å². The maximum absolute atomic E-state index is 14.2. The molecule has 0 radical (unpaired) electrons. The van der Waals surface area contributed by atoms with Gasteiger partial charge in [0.25, 0.3) is 5.91 Å². The third-order valence-corrected chi connectivity index (χ3v) is 5.93. The summed E-state index contributed by atoms with van der Waals surface area (Å²) in [6.07, 6.45) is 4.17. The number of thiophene rings is 1. The van der Waals surface area contributed by atoms with Gasteiger partial charge in [-0.05, 0) is 50.5 Å². The number of carbonyl (C=O) groups is 2. The molecule has 0 spiro atoms. The van der Waals surface area contributed by atoms with Crippen LogP contribution in [-0.2, 0) is 6.42 Å². The zero-order valence-corrected chi connectivity index (χ0v) is 15.6. The molecule has 2 heterocycles. The van der Waals surface area contributed by atoms with E-state index in [1.54, 1.807) is 41.2 Å². The van der Waals surface area contributed by atoms with Crippen LogP contribution in [0.15, 0.2) is 42.6 Å². The number of nitrogens with one attached hydrogen (secondary N) is 1. The van der Waals surface area contributed by atoms with Crippen molar-refractivity contribution in [3.05, 3.63) is 69.4 Å². The number of para-hydroxylation sites is 1. The second kappa shape index (κ2) is 7.08. The van der Waals surface area contributed by atoms with Crippen molar-refractivity contribution >= 4 is 23.0 Å². The van der Waals surface area contributed by atoms with Gasteiger partial charge in [-0.3, -0.25) is 9.59 Å². The molecule has 4 rings (SSSR count). The van der Waals surface area contributed by atoms with E-state index in [1.807, 2.05) is 0 Å². The number of rotatable bonds is 4. The number of carbonyl (C=O) groups excluding carboxylic acids is 2. The fourth-order valence-corrected chi connectivity index (χ4v) is 4.22. The van der Waals surface area contributed by atoms with Crippen LogP contribution in [0.2, 0.25) is 0 Å². The molecule has 3 aromatic rings. The average molecular weight is 383 g/mol. The van der Waals surface area contributed by atoms with Gasteiger partial charge in [-0.2, -0.15) is 5.10 Å². The summed E-state index contributed by atoms with van der Waals surface area (Å²) >= 11 is 1.19. The van der Waals surface area contributed by atoms with Crippen LogP contribution in [0.3, 0.4) is 0 Å². The van der Waals surface area contributed by atoms with Crippen LogP contribution in [0, 0.1) is 5.82 Å². The molecule has 27 heavy (non-hydrogen) atoms. The molecule has 0 aliphatic heterocycles. The van der Waals surface area contributed by atoms with Gasteiger partial charge in [0.15, 0.2) is 5.78 Å². The largest absolute Gasteiger partial charge is 0.344 e. The average Bonchev–Trinajstić information content (AvgIpc) is 3.30. The summed E-state index contributed by atoms with van der Waals surface area (Å²) in [6.45, 7) is 1.48. The molecule has 1 amide bonds. The Labute approximate surface area is 159 Å². The van der Waals surface area contributed by atoms with Crippen LogP contribution < -0.4 is 5.32 Å². The van der Waals surface area contributed by atoms with Gasteiger partial charge in [0.1, 0.15) is 11.5 Å². The molecule has 5 nitrogen and oxygen atoms in total. The lowest BCUT2D eigenvalue weighted by molar-refractivity contribution is 0.0936. The standard InChI is InChI=1S/C20H18FN3O2S/c1-12(25)18-9-10-19(27-18)20(26)23-15-6-4-8-16-13(15)11-22-24(16)17-7-3-2-5-14(17)21/h2-3,5,7,9-11,15H,4,6,8H2,1H3,(H,23,26)/t15-/m1/s1. The monoisotopic (exact) mass is 383 g/mol. The number of hydrogen-bond donors (Lipinski definition) is 1.